The van der Waals surface area contributed by atoms with Crippen molar-refractivity contribution >= 4 is 17.5 Å². The van der Waals surface area contributed by atoms with Gasteiger partial charge in [0.25, 0.3) is 5.91 Å². The van der Waals surface area contributed by atoms with E-state index in [1.54, 1.807) is 13.2 Å². The van der Waals surface area contributed by atoms with Gasteiger partial charge in [0.1, 0.15) is 0 Å². The average molecular weight is 224 g/mol. The van der Waals surface area contributed by atoms with E-state index in [9.17, 15) is 9.59 Å². The second kappa shape index (κ2) is 5.29. The number of carbonyl (C=O) groups excluding carboxylic acids is 2. The molecule has 0 aliphatic heterocycles. The summed E-state index contributed by atoms with van der Waals surface area (Å²) >= 11 is 0. The van der Waals surface area contributed by atoms with Crippen LogP contribution in [0.25, 0.3) is 0 Å². The number of hydrogen-bond donors (Lipinski definition) is 2. The van der Waals surface area contributed by atoms with E-state index in [1.165, 1.54) is 11.7 Å². The molecular formula is C10H16N4O2. The number of rotatable bonds is 4. The monoisotopic (exact) mass is 224 g/mol. The lowest BCUT2D eigenvalue weighted by Crippen LogP contribution is -2.21. The van der Waals surface area contributed by atoms with Crippen LogP contribution < -0.4 is 10.6 Å². The van der Waals surface area contributed by atoms with Crippen molar-refractivity contribution in [1.82, 2.24) is 15.1 Å². The molecule has 0 aromatic carbocycles. The molecule has 0 saturated carbocycles. The summed E-state index contributed by atoms with van der Waals surface area (Å²) < 4.78 is 1.49. The largest absolute Gasteiger partial charge is 0.354 e. The van der Waals surface area contributed by atoms with Crippen LogP contribution in [-0.4, -0.2) is 28.6 Å². The molecular weight excluding hydrogens is 208 g/mol. The molecule has 16 heavy (non-hydrogen) atoms. The van der Waals surface area contributed by atoms with Crippen LogP contribution in [0.2, 0.25) is 0 Å². The first kappa shape index (κ1) is 12.2. The third kappa shape index (κ3) is 2.82. The normalized spacial score (nSPS) is 9.94. The van der Waals surface area contributed by atoms with Gasteiger partial charge in [0, 0.05) is 26.7 Å². The molecule has 1 aromatic heterocycles. The predicted octanol–water partition coefficient (Wildman–Crippen LogP) is 0.518. The fraction of sp³-hybridized carbons (Fsp3) is 0.500. The van der Waals surface area contributed by atoms with E-state index in [4.69, 9.17) is 0 Å². The van der Waals surface area contributed by atoms with E-state index >= 15 is 0 Å². The molecule has 1 aromatic rings. The summed E-state index contributed by atoms with van der Waals surface area (Å²) in [6.07, 6.45) is 2.81. The van der Waals surface area contributed by atoms with Crippen molar-refractivity contribution in [1.29, 1.82) is 0 Å². The molecule has 0 unspecified atom stereocenters. The van der Waals surface area contributed by atoms with Crippen LogP contribution in [0.4, 0.5) is 5.69 Å². The molecule has 0 radical (unpaired) electrons. The van der Waals surface area contributed by atoms with Crippen molar-refractivity contribution in [2.75, 3.05) is 12.4 Å². The van der Waals surface area contributed by atoms with Crippen LogP contribution in [0.5, 0.6) is 0 Å². The molecule has 2 N–H and O–H groups in total. The quantitative estimate of drug-likeness (QED) is 0.782. The Morgan fingerprint density at radius 2 is 2.19 bits per heavy atom. The van der Waals surface area contributed by atoms with Gasteiger partial charge in [-0.25, -0.2) is 0 Å². The number of hydrogen-bond acceptors (Lipinski definition) is 3. The Kier molecular flexibility index (Phi) is 4.04. The number of anilines is 1. The topological polar surface area (TPSA) is 76.0 Å². The van der Waals surface area contributed by atoms with Crippen LogP contribution in [0.1, 0.15) is 30.3 Å². The van der Waals surface area contributed by atoms with Crippen molar-refractivity contribution in [3.63, 3.8) is 0 Å². The lowest BCUT2D eigenvalue weighted by Gasteiger charge is -2.02. The minimum Gasteiger partial charge on any atom is -0.354 e. The Balaban J connectivity index is 2.86. The molecule has 0 bridgehead atoms. The Morgan fingerprint density at radius 3 is 2.75 bits per heavy atom. The lowest BCUT2D eigenvalue weighted by molar-refractivity contribution is -0.116. The highest BCUT2D eigenvalue weighted by atomic mass is 16.2. The van der Waals surface area contributed by atoms with E-state index in [-0.39, 0.29) is 17.5 Å². The Morgan fingerprint density at radius 1 is 1.50 bits per heavy atom. The Hall–Kier alpha value is -1.85. The van der Waals surface area contributed by atoms with Crippen LogP contribution >= 0.6 is 0 Å². The van der Waals surface area contributed by atoms with E-state index in [2.05, 4.69) is 15.7 Å². The zero-order valence-corrected chi connectivity index (χ0v) is 9.70. The van der Waals surface area contributed by atoms with Gasteiger partial charge in [0.15, 0.2) is 5.69 Å². The maximum Gasteiger partial charge on any atom is 0.273 e. The van der Waals surface area contributed by atoms with E-state index in [1.807, 2.05) is 6.92 Å². The molecule has 6 nitrogen and oxygen atoms in total. The number of nitrogens with one attached hydrogen (secondary N) is 2. The van der Waals surface area contributed by atoms with Gasteiger partial charge < -0.3 is 10.6 Å². The molecule has 1 heterocycles. The number of carbonyl (C=O) groups is 2. The molecule has 1 rings (SSSR count). The van der Waals surface area contributed by atoms with Crippen LogP contribution in [-0.2, 0) is 11.8 Å². The lowest BCUT2D eigenvalue weighted by atomic mass is 10.3. The van der Waals surface area contributed by atoms with Crippen molar-refractivity contribution in [3.05, 3.63) is 11.9 Å². The summed E-state index contributed by atoms with van der Waals surface area (Å²) in [5.41, 5.74) is 0.676. The molecule has 0 fully saturated rings. The van der Waals surface area contributed by atoms with Gasteiger partial charge in [-0.05, 0) is 6.42 Å². The zero-order chi connectivity index (χ0) is 12.1. The molecule has 88 valence electrons. The highest BCUT2D eigenvalue weighted by Gasteiger charge is 2.16. The first-order chi connectivity index (χ1) is 7.58. The van der Waals surface area contributed by atoms with Gasteiger partial charge in [-0.1, -0.05) is 6.92 Å². The van der Waals surface area contributed by atoms with Crippen LogP contribution in [0.15, 0.2) is 6.20 Å². The van der Waals surface area contributed by atoms with Gasteiger partial charge in [-0.15, -0.1) is 0 Å². The standard InChI is InChI=1S/C10H16N4O2/c1-4-5-8(15)12-7-6-14(3)13-9(7)10(16)11-2/h6H,4-5H2,1-3H3,(H,11,16)(H,12,15). The van der Waals surface area contributed by atoms with Gasteiger partial charge in [0.05, 0.1) is 5.69 Å². The molecule has 2 amide bonds. The smallest absolute Gasteiger partial charge is 0.273 e. The van der Waals surface area contributed by atoms with Crippen molar-refractivity contribution in [2.45, 2.75) is 19.8 Å². The third-order valence-electron chi connectivity index (χ3n) is 2.02. The number of nitrogens with zero attached hydrogens (tertiary/aromatic N) is 2. The maximum atomic E-state index is 11.4. The Bertz CT molecular complexity index is 398. The first-order valence-corrected chi connectivity index (χ1v) is 5.14. The molecule has 0 atom stereocenters. The molecule has 6 heteroatoms. The second-order valence-corrected chi connectivity index (χ2v) is 3.44. The fourth-order valence-electron chi connectivity index (χ4n) is 1.31. The van der Waals surface area contributed by atoms with Crippen molar-refractivity contribution in [3.8, 4) is 0 Å². The minimum absolute atomic E-state index is 0.111. The Labute approximate surface area is 94.0 Å². The summed E-state index contributed by atoms with van der Waals surface area (Å²) in [5.74, 6) is -0.423. The molecule has 0 spiro atoms. The molecule has 0 aliphatic rings. The maximum absolute atomic E-state index is 11.4. The summed E-state index contributed by atoms with van der Waals surface area (Å²) in [5, 5.41) is 9.12. The predicted molar refractivity (Wildman–Crippen MR) is 60.1 cm³/mol. The zero-order valence-electron chi connectivity index (χ0n) is 9.70. The second-order valence-electron chi connectivity index (χ2n) is 3.44. The summed E-state index contributed by atoms with van der Waals surface area (Å²) in [4.78, 5) is 22.9. The van der Waals surface area contributed by atoms with Crippen LogP contribution in [0, 0.1) is 0 Å². The van der Waals surface area contributed by atoms with Gasteiger partial charge in [-0.2, -0.15) is 5.10 Å². The molecule has 0 saturated heterocycles. The number of amides is 2. The number of aromatic nitrogens is 2. The first-order valence-electron chi connectivity index (χ1n) is 5.14. The summed E-state index contributed by atoms with van der Waals surface area (Å²) in [7, 11) is 3.22. The van der Waals surface area contributed by atoms with Gasteiger partial charge in [0.2, 0.25) is 5.91 Å². The van der Waals surface area contributed by atoms with E-state index in [0.29, 0.717) is 12.1 Å². The molecule has 0 aliphatic carbocycles. The van der Waals surface area contributed by atoms with Crippen molar-refractivity contribution < 1.29 is 9.59 Å². The van der Waals surface area contributed by atoms with Gasteiger partial charge >= 0.3 is 0 Å². The SMILES string of the molecule is CCCC(=O)Nc1cn(C)nc1C(=O)NC. The highest BCUT2D eigenvalue weighted by Crippen LogP contribution is 2.13. The van der Waals surface area contributed by atoms with Gasteiger partial charge in [-0.3, -0.25) is 14.3 Å². The number of aryl methyl sites for hydroxylation is 1. The minimum atomic E-state index is -0.313. The van der Waals surface area contributed by atoms with Crippen LogP contribution in [0.3, 0.4) is 0 Å². The highest BCUT2D eigenvalue weighted by molar-refractivity contribution is 6.02. The summed E-state index contributed by atoms with van der Waals surface area (Å²) in [6, 6.07) is 0. The third-order valence-corrected chi connectivity index (χ3v) is 2.02. The van der Waals surface area contributed by atoms with Crippen molar-refractivity contribution in [2.24, 2.45) is 7.05 Å². The summed E-state index contributed by atoms with van der Waals surface area (Å²) in [6.45, 7) is 1.92. The average Bonchev–Trinajstić information content (AvgIpc) is 2.58. The van der Waals surface area contributed by atoms with E-state index in [0.717, 1.165) is 6.42 Å². The fourth-order valence-corrected chi connectivity index (χ4v) is 1.31. The van der Waals surface area contributed by atoms with E-state index < -0.39 is 0 Å².